The van der Waals surface area contributed by atoms with Crippen molar-refractivity contribution in [1.82, 2.24) is 14.7 Å². The summed E-state index contributed by atoms with van der Waals surface area (Å²) in [7, 11) is 4.13. The molecular formula is C23H43N3O. The highest BCUT2D eigenvalue weighted by Crippen LogP contribution is 2.39. The molecule has 4 aliphatic rings. The number of nitrogens with zero attached hydrogens (tertiary/aromatic N) is 3. The SMILES string of the molecule is COCC1CCC(CN2CCC(CN3CCC4(CC3)CN(C)C4)CC2)CC1. The van der Waals surface area contributed by atoms with Gasteiger partial charge in [-0.25, -0.2) is 0 Å². The van der Waals surface area contributed by atoms with Crippen molar-refractivity contribution in [3.05, 3.63) is 0 Å². The number of methoxy groups -OCH3 is 1. The summed E-state index contributed by atoms with van der Waals surface area (Å²) in [6.07, 6.45) is 11.4. The van der Waals surface area contributed by atoms with Crippen molar-refractivity contribution >= 4 is 0 Å². The molecule has 4 fully saturated rings. The minimum atomic E-state index is 0.705. The zero-order chi connectivity index (χ0) is 18.7. The van der Waals surface area contributed by atoms with E-state index in [9.17, 15) is 0 Å². The smallest absolute Gasteiger partial charge is 0.0490 e. The molecule has 0 unspecified atom stereocenters. The first-order valence-electron chi connectivity index (χ1n) is 11.8. The number of hydrogen-bond acceptors (Lipinski definition) is 4. The second-order valence-corrected chi connectivity index (χ2v) is 10.6. The predicted molar refractivity (Wildman–Crippen MR) is 112 cm³/mol. The van der Waals surface area contributed by atoms with Crippen LogP contribution in [0, 0.1) is 23.2 Å². The van der Waals surface area contributed by atoms with E-state index in [0.717, 1.165) is 24.4 Å². The molecular weight excluding hydrogens is 334 g/mol. The van der Waals surface area contributed by atoms with Gasteiger partial charge in [-0.1, -0.05) is 0 Å². The summed E-state index contributed by atoms with van der Waals surface area (Å²) in [5, 5.41) is 0. The molecule has 1 spiro atoms. The first kappa shape index (κ1) is 20.1. The summed E-state index contributed by atoms with van der Waals surface area (Å²) in [5.41, 5.74) is 0.705. The van der Waals surface area contributed by atoms with Gasteiger partial charge in [0.05, 0.1) is 0 Å². The van der Waals surface area contributed by atoms with Gasteiger partial charge in [0.15, 0.2) is 0 Å². The van der Waals surface area contributed by atoms with Crippen LogP contribution in [0.1, 0.15) is 51.4 Å². The van der Waals surface area contributed by atoms with Crippen LogP contribution in [0.4, 0.5) is 0 Å². The van der Waals surface area contributed by atoms with Gasteiger partial charge >= 0.3 is 0 Å². The fourth-order valence-corrected chi connectivity index (χ4v) is 6.52. The van der Waals surface area contributed by atoms with Crippen LogP contribution in [0.3, 0.4) is 0 Å². The summed E-state index contributed by atoms with van der Waals surface area (Å²) < 4.78 is 5.35. The van der Waals surface area contributed by atoms with Crippen molar-refractivity contribution in [2.24, 2.45) is 23.2 Å². The molecule has 4 heteroatoms. The van der Waals surface area contributed by atoms with Crippen LogP contribution >= 0.6 is 0 Å². The summed E-state index contributed by atoms with van der Waals surface area (Å²) in [4.78, 5) is 8.07. The van der Waals surface area contributed by atoms with E-state index in [4.69, 9.17) is 4.74 Å². The second-order valence-electron chi connectivity index (χ2n) is 10.6. The molecule has 156 valence electrons. The van der Waals surface area contributed by atoms with Crippen LogP contribution in [0.25, 0.3) is 0 Å². The average molecular weight is 378 g/mol. The van der Waals surface area contributed by atoms with Gasteiger partial charge < -0.3 is 19.4 Å². The lowest BCUT2D eigenvalue weighted by Gasteiger charge is -2.53. The highest BCUT2D eigenvalue weighted by atomic mass is 16.5. The largest absolute Gasteiger partial charge is 0.384 e. The first-order chi connectivity index (χ1) is 13.1. The zero-order valence-electron chi connectivity index (χ0n) is 18.0. The van der Waals surface area contributed by atoms with Crippen LogP contribution in [-0.2, 0) is 4.74 Å². The third-order valence-corrected chi connectivity index (χ3v) is 8.24. The third kappa shape index (κ3) is 5.26. The highest BCUT2D eigenvalue weighted by Gasteiger charge is 2.43. The van der Waals surface area contributed by atoms with E-state index in [2.05, 4.69) is 21.7 Å². The maximum absolute atomic E-state index is 5.35. The van der Waals surface area contributed by atoms with Gasteiger partial charge in [0.25, 0.3) is 0 Å². The van der Waals surface area contributed by atoms with Gasteiger partial charge in [-0.05, 0) is 108 Å². The Morgan fingerprint density at radius 2 is 1.26 bits per heavy atom. The molecule has 3 aliphatic heterocycles. The lowest BCUT2D eigenvalue weighted by Crippen LogP contribution is -2.59. The minimum Gasteiger partial charge on any atom is -0.384 e. The number of rotatable bonds is 6. The maximum atomic E-state index is 5.35. The fourth-order valence-electron chi connectivity index (χ4n) is 6.52. The average Bonchev–Trinajstić information content (AvgIpc) is 2.66. The molecule has 0 aromatic heterocycles. The van der Waals surface area contributed by atoms with E-state index in [1.165, 1.54) is 104 Å². The Morgan fingerprint density at radius 1 is 0.741 bits per heavy atom. The molecule has 0 N–H and O–H groups in total. The van der Waals surface area contributed by atoms with E-state index in [1.54, 1.807) is 0 Å². The van der Waals surface area contributed by atoms with E-state index in [-0.39, 0.29) is 0 Å². The van der Waals surface area contributed by atoms with Gasteiger partial charge in [-0.2, -0.15) is 0 Å². The third-order valence-electron chi connectivity index (χ3n) is 8.24. The van der Waals surface area contributed by atoms with E-state index >= 15 is 0 Å². The first-order valence-corrected chi connectivity index (χ1v) is 11.8. The minimum absolute atomic E-state index is 0.705. The summed E-state index contributed by atoms with van der Waals surface area (Å²) in [6.45, 7) is 11.9. The number of ether oxygens (including phenoxy) is 1. The molecule has 0 bridgehead atoms. The Kier molecular flexibility index (Phi) is 6.79. The van der Waals surface area contributed by atoms with E-state index in [0.29, 0.717) is 5.41 Å². The van der Waals surface area contributed by atoms with E-state index in [1.807, 2.05) is 7.11 Å². The lowest BCUT2D eigenvalue weighted by molar-refractivity contribution is -0.0355. The predicted octanol–water partition coefficient (Wildman–Crippen LogP) is 3.18. The quantitative estimate of drug-likeness (QED) is 0.708. The molecule has 0 atom stereocenters. The summed E-state index contributed by atoms with van der Waals surface area (Å²) in [6, 6.07) is 0. The Balaban J connectivity index is 1.10. The summed E-state index contributed by atoms with van der Waals surface area (Å²) >= 11 is 0. The highest BCUT2D eigenvalue weighted by molar-refractivity contribution is 4.97. The Morgan fingerprint density at radius 3 is 1.81 bits per heavy atom. The molecule has 0 amide bonds. The van der Waals surface area contributed by atoms with Crippen LogP contribution < -0.4 is 0 Å². The van der Waals surface area contributed by atoms with Crippen molar-refractivity contribution in [2.45, 2.75) is 51.4 Å². The normalized spacial score (nSPS) is 34.0. The standard InChI is InChI=1S/C23H43N3O/c1-24-18-23(19-24)9-13-26(14-10-23)16-21-7-11-25(12-8-21)15-20-3-5-22(6-4-20)17-27-2/h20-22H,3-19H2,1-2H3. The van der Waals surface area contributed by atoms with Crippen LogP contribution in [0.15, 0.2) is 0 Å². The molecule has 27 heavy (non-hydrogen) atoms. The topological polar surface area (TPSA) is 19.0 Å². The Hall–Kier alpha value is -0.160. The second kappa shape index (κ2) is 9.11. The number of likely N-dealkylation sites (tertiary alicyclic amines) is 3. The molecule has 1 saturated carbocycles. The van der Waals surface area contributed by atoms with Crippen molar-refractivity contribution in [3.8, 4) is 0 Å². The fraction of sp³-hybridized carbons (Fsp3) is 1.00. The van der Waals surface area contributed by atoms with E-state index < -0.39 is 0 Å². The summed E-state index contributed by atoms with van der Waals surface area (Å²) in [5.74, 6) is 2.74. The van der Waals surface area contributed by atoms with Gasteiger partial charge in [-0.3, -0.25) is 0 Å². The van der Waals surface area contributed by atoms with Crippen LogP contribution in [-0.4, -0.2) is 87.8 Å². The molecule has 3 heterocycles. The Bertz CT molecular complexity index is 439. The van der Waals surface area contributed by atoms with Gasteiger partial charge in [0, 0.05) is 39.9 Å². The van der Waals surface area contributed by atoms with Gasteiger partial charge in [-0.15, -0.1) is 0 Å². The van der Waals surface area contributed by atoms with Crippen molar-refractivity contribution in [3.63, 3.8) is 0 Å². The zero-order valence-corrected chi connectivity index (χ0v) is 18.0. The number of hydrogen-bond donors (Lipinski definition) is 0. The van der Waals surface area contributed by atoms with Gasteiger partial charge in [0.2, 0.25) is 0 Å². The number of piperidine rings is 2. The molecule has 4 nitrogen and oxygen atoms in total. The molecule has 1 aliphatic carbocycles. The van der Waals surface area contributed by atoms with Crippen molar-refractivity contribution < 1.29 is 4.74 Å². The molecule has 0 radical (unpaired) electrons. The maximum Gasteiger partial charge on any atom is 0.0490 e. The molecule has 0 aromatic rings. The molecule has 0 aromatic carbocycles. The lowest BCUT2D eigenvalue weighted by atomic mass is 9.72. The van der Waals surface area contributed by atoms with Crippen molar-refractivity contribution in [2.75, 3.05) is 73.1 Å². The molecule has 4 rings (SSSR count). The monoisotopic (exact) mass is 377 g/mol. The van der Waals surface area contributed by atoms with Gasteiger partial charge in [0.1, 0.15) is 0 Å². The molecule has 3 saturated heterocycles. The van der Waals surface area contributed by atoms with Crippen molar-refractivity contribution in [1.29, 1.82) is 0 Å². The van der Waals surface area contributed by atoms with Crippen LogP contribution in [0.5, 0.6) is 0 Å². The van der Waals surface area contributed by atoms with Crippen LogP contribution in [0.2, 0.25) is 0 Å². The Labute approximate surface area is 167 Å².